The Balaban J connectivity index is 2.19. The molecule has 1 aromatic heterocycles. The van der Waals surface area contributed by atoms with Crippen LogP contribution in [0.3, 0.4) is 0 Å². The van der Waals surface area contributed by atoms with Gasteiger partial charge in [-0.2, -0.15) is 8.62 Å². The number of aromatic nitrogens is 2. The molecule has 0 radical (unpaired) electrons. The Hall–Kier alpha value is -0.660. The second-order valence-corrected chi connectivity index (χ2v) is 11.0. The molecule has 1 aliphatic heterocycles. The Bertz CT molecular complexity index is 1150. The summed E-state index contributed by atoms with van der Waals surface area (Å²) in [4.78, 5) is 38.1. The molecule has 31 heavy (non-hydrogen) atoms. The van der Waals surface area contributed by atoms with Crippen LogP contribution in [-0.4, -0.2) is 58.7 Å². The molecule has 0 aromatic carbocycles. The average Bonchev–Trinajstić information content (AvgIpc) is 2.82. The van der Waals surface area contributed by atoms with Gasteiger partial charge in [-0.1, -0.05) is 18.1 Å². The van der Waals surface area contributed by atoms with Gasteiger partial charge in [0.05, 0.1) is 6.61 Å². The predicted octanol–water partition coefficient (Wildman–Crippen LogP) is 1.22. The van der Waals surface area contributed by atoms with E-state index in [0.29, 0.717) is 0 Å². The van der Waals surface area contributed by atoms with E-state index in [1.807, 2.05) is 0 Å². The van der Waals surface area contributed by atoms with Gasteiger partial charge in [-0.15, -0.1) is 6.42 Å². The van der Waals surface area contributed by atoms with E-state index in [4.69, 9.17) is 50.3 Å². The zero-order chi connectivity index (χ0) is 23.8. The van der Waals surface area contributed by atoms with Crippen LogP contribution in [0.2, 0.25) is 0 Å². The molecule has 1 saturated heterocycles. The lowest BCUT2D eigenvalue weighted by molar-refractivity contribution is -0.0525. The van der Waals surface area contributed by atoms with Crippen LogP contribution in [0.25, 0.3) is 0 Å². The average molecular weight is 542 g/mol. The molecule has 1 aromatic rings. The first-order chi connectivity index (χ1) is 14.0. The fourth-order valence-corrected chi connectivity index (χ4v) is 5.91. The highest BCUT2D eigenvalue weighted by molar-refractivity contribution is 7.72. The molecule has 0 spiro atoms. The van der Waals surface area contributed by atoms with Gasteiger partial charge < -0.3 is 34.4 Å². The van der Waals surface area contributed by atoms with Gasteiger partial charge in [-0.3, -0.25) is 9.09 Å². The van der Waals surface area contributed by atoms with Gasteiger partial charge in [0.15, 0.2) is 11.0 Å². The predicted molar refractivity (Wildman–Crippen MR) is 103 cm³/mol. The molecule has 1 aliphatic rings. The van der Waals surface area contributed by atoms with E-state index in [1.54, 1.807) is 5.92 Å². The molecule has 1 fully saturated rings. The largest absolute Gasteiger partial charge is 0.490 e. The number of nitrogens with zero attached hydrogens (tertiary/aromatic N) is 1. The van der Waals surface area contributed by atoms with Crippen LogP contribution < -0.4 is 0 Å². The molecule has 6 N–H and O–H groups in total. The van der Waals surface area contributed by atoms with Crippen LogP contribution in [0.4, 0.5) is 4.39 Å². The molecule has 2 rings (SSSR count). The maximum absolute atomic E-state index is 15.3. The number of nitrogens with one attached hydrogen (secondary N) is 1. The first-order valence-corrected chi connectivity index (χ1v) is 12.9. The van der Waals surface area contributed by atoms with Crippen molar-refractivity contribution in [2.75, 3.05) is 6.61 Å². The number of aromatic amines is 1. The third kappa shape index (κ3) is 6.67. The highest BCUT2D eigenvalue weighted by atomic mass is 32.1. The molecule has 20 heteroatoms. The number of H-pyrrole nitrogens is 1. The van der Waals surface area contributed by atoms with Crippen LogP contribution in [-0.2, 0) is 31.6 Å². The summed E-state index contributed by atoms with van der Waals surface area (Å²) >= 11 is 9.87. The number of alkyl halides is 1. The number of hydrogen-bond donors (Lipinski definition) is 6. The fourth-order valence-electron chi connectivity index (χ4n) is 2.39. The van der Waals surface area contributed by atoms with Crippen molar-refractivity contribution in [3.8, 4) is 12.3 Å². The van der Waals surface area contributed by atoms with E-state index in [9.17, 15) is 23.7 Å². The van der Waals surface area contributed by atoms with Crippen LogP contribution in [0.1, 0.15) is 6.23 Å². The Morgan fingerprint density at radius 3 is 2.39 bits per heavy atom. The number of halogens is 1. The molecular formula is C11H14FN2O12P3S2. The van der Waals surface area contributed by atoms with Crippen molar-refractivity contribution in [1.82, 2.24) is 9.55 Å². The Kier molecular flexibility index (Phi) is 7.98. The summed E-state index contributed by atoms with van der Waals surface area (Å²) in [6, 6.07) is 1.32. The molecule has 0 aliphatic carbocycles. The summed E-state index contributed by atoms with van der Waals surface area (Å²) in [5, 5.41) is 10.2. The summed E-state index contributed by atoms with van der Waals surface area (Å²) < 4.78 is 66.7. The number of phosphoric ester groups is 1. The number of ether oxygens (including phenoxy) is 1. The summed E-state index contributed by atoms with van der Waals surface area (Å²) in [5.41, 5.74) is -2.90. The SMILES string of the molecule is C#CC1(F)[C@@H](O)[C@@H](COP(=O)(O)OP(=O)(O)OP(=O)(O)O)O[C@H]1n1ccc(=S)[nH]c1=S. The smallest absolute Gasteiger partial charge is 0.386 e. The van der Waals surface area contributed by atoms with Crippen molar-refractivity contribution in [2.24, 2.45) is 0 Å². The van der Waals surface area contributed by atoms with E-state index in [1.165, 1.54) is 12.3 Å². The Morgan fingerprint density at radius 2 is 1.87 bits per heavy atom. The lowest BCUT2D eigenvalue weighted by Crippen LogP contribution is -2.42. The van der Waals surface area contributed by atoms with Gasteiger partial charge in [0.1, 0.15) is 16.8 Å². The zero-order valence-corrected chi connectivity index (χ0v) is 19.1. The van der Waals surface area contributed by atoms with E-state index in [-0.39, 0.29) is 9.41 Å². The molecule has 0 amide bonds. The second-order valence-electron chi connectivity index (χ2n) is 5.79. The number of aliphatic hydroxyl groups is 1. The molecule has 174 valence electrons. The minimum Gasteiger partial charge on any atom is -0.386 e. The lowest BCUT2D eigenvalue weighted by atomic mass is 9.97. The topological polar surface area (TPSA) is 210 Å². The third-order valence-corrected chi connectivity index (χ3v) is 7.94. The van der Waals surface area contributed by atoms with Crippen molar-refractivity contribution in [3.05, 3.63) is 21.7 Å². The van der Waals surface area contributed by atoms with Crippen molar-refractivity contribution in [1.29, 1.82) is 0 Å². The molecule has 2 heterocycles. The molecule has 0 bridgehead atoms. The third-order valence-electron chi connectivity index (χ3n) is 3.59. The van der Waals surface area contributed by atoms with Gasteiger partial charge in [0, 0.05) is 6.20 Å². The number of phosphoric acid groups is 3. The lowest BCUT2D eigenvalue weighted by Gasteiger charge is -2.24. The molecule has 0 saturated carbocycles. The Labute approximate surface area is 183 Å². The zero-order valence-electron chi connectivity index (χ0n) is 14.7. The van der Waals surface area contributed by atoms with Crippen LogP contribution >= 0.6 is 47.9 Å². The van der Waals surface area contributed by atoms with Crippen LogP contribution in [0.5, 0.6) is 0 Å². The van der Waals surface area contributed by atoms with E-state index in [0.717, 1.165) is 4.57 Å². The van der Waals surface area contributed by atoms with E-state index in [2.05, 4.69) is 18.1 Å². The summed E-state index contributed by atoms with van der Waals surface area (Å²) in [6.45, 7) is -1.12. The maximum Gasteiger partial charge on any atom is 0.490 e. The van der Waals surface area contributed by atoms with Gasteiger partial charge >= 0.3 is 23.5 Å². The summed E-state index contributed by atoms with van der Waals surface area (Å²) in [6.07, 6.45) is 0.801. The van der Waals surface area contributed by atoms with Crippen molar-refractivity contribution in [3.63, 3.8) is 0 Å². The first-order valence-electron chi connectivity index (χ1n) is 7.60. The van der Waals surface area contributed by atoms with E-state index >= 15 is 4.39 Å². The highest BCUT2D eigenvalue weighted by Crippen LogP contribution is 2.66. The van der Waals surface area contributed by atoms with Crippen molar-refractivity contribution >= 4 is 47.9 Å². The van der Waals surface area contributed by atoms with Gasteiger partial charge in [-0.25, -0.2) is 18.1 Å². The monoisotopic (exact) mass is 542 g/mol. The summed E-state index contributed by atoms with van der Waals surface area (Å²) in [5.74, 6) is 1.71. The van der Waals surface area contributed by atoms with E-state index < -0.39 is 54.2 Å². The minimum absolute atomic E-state index is 0.129. The highest BCUT2D eigenvalue weighted by Gasteiger charge is 2.58. The van der Waals surface area contributed by atoms with Gasteiger partial charge in [-0.05, 0) is 18.3 Å². The first kappa shape index (κ1) is 26.6. The fraction of sp³-hybridized carbons (Fsp3) is 0.455. The van der Waals surface area contributed by atoms with Crippen LogP contribution in [0.15, 0.2) is 12.3 Å². The molecule has 3 unspecified atom stereocenters. The van der Waals surface area contributed by atoms with Gasteiger partial charge in [0.2, 0.25) is 5.67 Å². The quantitative estimate of drug-likeness (QED) is 0.155. The molecule has 14 nitrogen and oxygen atoms in total. The number of rotatable bonds is 8. The van der Waals surface area contributed by atoms with Crippen molar-refractivity contribution in [2.45, 2.75) is 24.1 Å². The minimum atomic E-state index is -5.76. The standard InChI is InChI=1S/C11H14FN2O12P3S2/c1-2-11(12)8(15)6(24-9(11)14-4-3-7(30)13-10(14)31)5-23-28(19,20)26-29(21,22)25-27(16,17)18/h1,3-4,6,8-9,15H,5H2,(H,19,20)(H,21,22)(H,13,30,31)(H2,16,17,18)/t6-,8+,9-,11?/m1/s1. The molecular weight excluding hydrogens is 528 g/mol. The second kappa shape index (κ2) is 9.30. The number of terminal acetylenes is 1. The number of hydrogen-bond acceptors (Lipinski definition) is 10. The van der Waals surface area contributed by atoms with Gasteiger partial charge in [0.25, 0.3) is 0 Å². The molecule has 6 atom stereocenters. The normalized spacial score (nSPS) is 30.3. The summed E-state index contributed by atoms with van der Waals surface area (Å²) in [7, 11) is -16.9. The van der Waals surface area contributed by atoms with Crippen molar-refractivity contribution < 1.29 is 60.6 Å². The van der Waals surface area contributed by atoms with Crippen LogP contribution in [0, 0.1) is 21.8 Å². The Morgan fingerprint density at radius 1 is 1.26 bits per heavy atom. The maximum atomic E-state index is 15.3. The number of aliphatic hydroxyl groups excluding tert-OH is 1.